The van der Waals surface area contributed by atoms with E-state index >= 15 is 0 Å². The first-order valence-electron chi connectivity index (χ1n) is 10.6. The lowest BCUT2D eigenvalue weighted by Crippen LogP contribution is -2.29. The van der Waals surface area contributed by atoms with Gasteiger partial charge in [-0.05, 0) is 98.9 Å². The molecule has 0 spiro atoms. The standard InChI is InChI=1S/C26H30O2/c1-3-19-6-7-24-17-23(13-12-22(24)16-19)20-8-10-21(11-9-20)26(27)28-25-14-4-18(2)5-15-25/h3-5,8-11,14-15,19,22-24H,1,6-7,12-13,16-17H2,2H3. The van der Waals surface area contributed by atoms with Gasteiger partial charge in [-0.25, -0.2) is 4.79 Å². The van der Waals surface area contributed by atoms with Gasteiger partial charge in [-0.3, -0.25) is 0 Å². The van der Waals surface area contributed by atoms with Crippen molar-refractivity contribution >= 4 is 5.97 Å². The van der Waals surface area contributed by atoms with Crippen LogP contribution in [0.5, 0.6) is 5.75 Å². The number of rotatable bonds is 4. The van der Waals surface area contributed by atoms with Crippen LogP contribution in [0.25, 0.3) is 0 Å². The van der Waals surface area contributed by atoms with Gasteiger partial charge in [-0.2, -0.15) is 0 Å². The molecule has 2 aromatic rings. The average molecular weight is 375 g/mol. The molecule has 28 heavy (non-hydrogen) atoms. The Kier molecular flexibility index (Phi) is 5.66. The summed E-state index contributed by atoms with van der Waals surface area (Å²) in [5, 5.41) is 0. The van der Waals surface area contributed by atoms with Gasteiger partial charge >= 0.3 is 5.97 Å². The van der Waals surface area contributed by atoms with Gasteiger partial charge in [0.2, 0.25) is 0 Å². The van der Waals surface area contributed by atoms with Crippen LogP contribution >= 0.6 is 0 Å². The Morgan fingerprint density at radius 3 is 2.32 bits per heavy atom. The molecule has 0 aromatic heterocycles. The Hall–Kier alpha value is -2.35. The third-order valence-electron chi connectivity index (χ3n) is 6.84. The van der Waals surface area contributed by atoms with Crippen molar-refractivity contribution in [3.63, 3.8) is 0 Å². The number of esters is 1. The van der Waals surface area contributed by atoms with E-state index in [1.165, 1.54) is 44.1 Å². The zero-order valence-corrected chi connectivity index (χ0v) is 16.8. The smallest absolute Gasteiger partial charge is 0.343 e. The highest BCUT2D eigenvalue weighted by atomic mass is 16.5. The molecule has 0 radical (unpaired) electrons. The predicted molar refractivity (Wildman–Crippen MR) is 114 cm³/mol. The minimum absolute atomic E-state index is 0.290. The number of hydrogen-bond donors (Lipinski definition) is 0. The topological polar surface area (TPSA) is 26.3 Å². The molecule has 4 unspecified atom stereocenters. The average Bonchev–Trinajstić information content (AvgIpc) is 2.74. The van der Waals surface area contributed by atoms with Gasteiger partial charge in [0.15, 0.2) is 0 Å². The highest BCUT2D eigenvalue weighted by Gasteiger charge is 2.35. The van der Waals surface area contributed by atoms with Gasteiger partial charge in [-0.15, -0.1) is 6.58 Å². The molecule has 2 aromatic carbocycles. The molecule has 2 aliphatic carbocycles. The van der Waals surface area contributed by atoms with Crippen molar-refractivity contribution in [3.8, 4) is 5.75 Å². The largest absolute Gasteiger partial charge is 0.423 e. The second-order valence-electron chi connectivity index (χ2n) is 8.66. The maximum absolute atomic E-state index is 12.4. The van der Waals surface area contributed by atoms with Crippen molar-refractivity contribution < 1.29 is 9.53 Å². The van der Waals surface area contributed by atoms with Crippen molar-refractivity contribution in [2.45, 2.75) is 51.4 Å². The van der Waals surface area contributed by atoms with Gasteiger partial charge in [-0.1, -0.05) is 35.9 Å². The first-order chi connectivity index (χ1) is 13.6. The lowest BCUT2D eigenvalue weighted by Gasteiger charge is -2.41. The van der Waals surface area contributed by atoms with Crippen molar-refractivity contribution in [3.05, 3.63) is 77.9 Å². The molecule has 2 saturated carbocycles. The lowest BCUT2D eigenvalue weighted by atomic mass is 9.64. The summed E-state index contributed by atoms with van der Waals surface area (Å²) >= 11 is 0. The molecule has 0 amide bonds. The molecule has 4 atom stereocenters. The molecule has 2 nitrogen and oxygen atoms in total. The molecule has 146 valence electrons. The minimum atomic E-state index is -0.290. The van der Waals surface area contributed by atoms with Crippen LogP contribution in [-0.4, -0.2) is 5.97 Å². The van der Waals surface area contributed by atoms with E-state index in [-0.39, 0.29) is 5.97 Å². The molecule has 0 N–H and O–H groups in total. The van der Waals surface area contributed by atoms with Crippen LogP contribution in [-0.2, 0) is 0 Å². The Morgan fingerprint density at radius 2 is 1.61 bits per heavy atom. The molecule has 0 saturated heterocycles. The second-order valence-corrected chi connectivity index (χ2v) is 8.66. The summed E-state index contributed by atoms with van der Waals surface area (Å²) in [6.07, 6.45) is 10.0. The summed E-state index contributed by atoms with van der Waals surface area (Å²) in [7, 11) is 0. The Bertz CT molecular complexity index is 819. The van der Waals surface area contributed by atoms with Crippen LogP contribution < -0.4 is 4.74 Å². The zero-order valence-electron chi connectivity index (χ0n) is 16.8. The fourth-order valence-electron chi connectivity index (χ4n) is 5.11. The number of benzene rings is 2. The molecular formula is C26H30O2. The molecular weight excluding hydrogens is 344 g/mol. The number of carbonyl (C=O) groups excluding carboxylic acids is 1. The van der Waals surface area contributed by atoms with Crippen molar-refractivity contribution in [1.29, 1.82) is 0 Å². The Labute approximate surface area is 168 Å². The Balaban J connectivity index is 1.37. The SMILES string of the molecule is C=CC1CCC2CC(c3ccc(C(=O)Oc4ccc(C)cc4)cc3)CCC2C1. The number of fused-ring (bicyclic) bond motifs is 1. The van der Waals surface area contributed by atoms with Crippen LogP contribution in [0.4, 0.5) is 0 Å². The van der Waals surface area contributed by atoms with Crippen LogP contribution in [0.3, 0.4) is 0 Å². The maximum Gasteiger partial charge on any atom is 0.343 e. The summed E-state index contributed by atoms with van der Waals surface area (Å²) in [6, 6.07) is 15.7. The summed E-state index contributed by atoms with van der Waals surface area (Å²) in [6.45, 7) is 6.02. The molecule has 2 heteroatoms. The van der Waals surface area contributed by atoms with E-state index in [9.17, 15) is 4.79 Å². The predicted octanol–water partition coefficient (Wildman–Crippen LogP) is 6.70. The maximum atomic E-state index is 12.4. The monoisotopic (exact) mass is 374 g/mol. The number of ether oxygens (including phenoxy) is 1. The van der Waals surface area contributed by atoms with Crippen LogP contribution in [0.2, 0.25) is 0 Å². The highest BCUT2D eigenvalue weighted by Crippen LogP contribution is 2.47. The van der Waals surface area contributed by atoms with Gasteiger partial charge < -0.3 is 4.74 Å². The summed E-state index contributed by atoms with van der Waals surface area (Å²) in [4.78, 5) is 12.4. The van der Waals surface area contributed by atoms with Gasteiger partial charge in [0, 0.05) is 0 Å². The van der Waals surface area contributed by atoms with E-state index in [0.29, 0.717) is 17.2 Å². The lowest BCUT2D eigenvalue weighted by molar-refractivity contribution is 0.0734. The summed E-state index contributed by atoms with van der Waals surface area (Å²) in [5.74, 6) is 3.41. The molecule has 0 bridgehead atoms. The van der Waals surface area contributed by atoms with Crippen LogP contribution in [0.1, 0.15) is 65.9 Å². The van der Waals surface area contributed by atoms with E-state index in [1.54, 1.807) is 0 Å². The highest BCUT2D eigenvalue weighted by molar-refractivity contribution is 5.91. The van der Waals surface area contributed by atoms with E-state index in [1.807, 2.05) is 43.3 Å². The van der Waals surface area contributed by atoms with E-state index < -0.39 is 0 Å². The molecule has 0 aliphatic heterocycles. The first kappa shape index (κ1) is 19.0. The molecule has 0 heterocycles. The first-order valence-corrected chi connectivity index (χ1v) is 10.6. The molecule has 4 rings (SSSR count). The van der Waals surface area contributed by atoms with Crippen LogP contribution in [0, 0.1) is 24.7 Å². The summed E-state index contributed by atoms with van der Waals surface area (Å²) < 4.78 is 5.49. The van der Waals surface area contributed by atoms with Gasteiger partial charge in [0.1, 0.15) is 5.75 Å². The van der Waals surface area contributed by atoms with Crippen LogP contribution in [0.15, 0.2) is 61.2 Å². The van der Waals surface area contributed by atoms with E-state index in [0.717, 1.165) is 23.3 Å². The fraction of sp³-hybridized carbons (Fsp3) is 0.423. The normalized spacial score (nSPS) is 26.9. The minimum Gasteiger partial charge on any atom is -0.423 e. The fourth-order valence-corrected chi connectivity index (χ4v) is 5.11. The third-order valence-corrected chi connectivity index (χ3v) is 6.84. The van der Waals surface area contributed by atoms with E-state index in [4.69, 9.17) is 4.74 Å². The molecule has 2 fully saturated rings. The molecule has 2 aliphatic rings. The van der Waals surface area contributed by atoms with Crippen molar-refractivity contribution in [1.82, 2.24) is 0 Å². The number of carbonyl (C=O) groups is 1. The quantitative estimate of drug-likeness (QED) is 0.338. The van der Waals surface area contributed by atoms with Crippen molar-refractivity contribution in [2.75, 3.05) is 0 Å². The number of allylic oxidation sites excluding steroid dienone is 1. The summed E-state index contributed by atoms with van der Waals surface area (Å²) in [5.41, 5.74) is 3.14. The van der Waals surface area contributed by atoms with E-state index in [2.05, 4.69) is 24.8 Å². The number of aryl methyl sites for hydroxylation is 1. The van der Waals surface area contributed by atoms with Gasteiger partial charge in [0.05, 0.1) is 5.56 Å². The third kappa shape index (κ3) is 4.22. The zero-order chi connectivity index (χ0) is 19.5. The number of hydrogen-bond acceptors (Lipinski definition) is 2. The van der Waals surface area contributed by atoms with Crippen molar-refractivity contribution in [2.24, 2.45) is 17.8 Å². The second kappa shape index (κ2) is 8.34. The van der Waals surface area contributed by atoms with Gasteiger partial charge in [0.25, 0.3) is 0 Å². The Morgan fingerprint density at radius 1 is 0.929 bits per heavy atom.